The zero-order chi connectivity index (χ0) is 14.5. The van der Waals surface area contributed by atoms with Crippen molar-refractivity contribution in [2.45, 2.75) is 6.92 Å². The fraction of sp³-hybridized carbons (Fsp3) is 0.133. The highest BCUT2D eigenvalue weighted by atomic mass is 19.1. The maximum absolute atomic E-state index is 12.7. The topological polar surface area (TPSA) is 58.6 Å². The molecule has 0 atom stereocenters. The van der Waals surface area contributed by atoms with Crippen molar-refractivity contribution in [1.82, 2.24) is 0 Å². The van der Waals surface area contributed by atoms with E-state index in [0.717, 1.165) is 0 Å². The van der Waals surface area contributed by atoms with Crippen LogP contribution in [0.4, 0.5) is 10.1 Å². The molecule has 0 saturated carbocycles. The third-order valence-corrected chi connectivity index (χ3v) is 2.74. The lowest BCUT2D eigenvalue weighted by Gasteiger charge is -2.10. The summed E-state index contributed by atoms with van der Waals surface area (Å²) in [6.45, 7) is 1.50. The van der Waals surface area contributed by atoms with E-state index in [2.05, 4.69) is 5.32 Å². The van der Waals surface area contributed by atoms with Crippen molar-refractivity contribution in [1.29, 1.82) is 0 Å². The molecule has 104 valence electrons. The number of hydrogen-bond acceptors (Lipinski definition) is 3. The number of phenols is 1. The van der Waals surface area contributed by atoms with Gasteiger partial charge in [-0.05, 0) is 43.3 Å². The molecule has 0 aliphatic rings. The maximum Gasteiger partial charge on any atom is 0.262 e. The standard InChI is InChI=1S/C15H14FNO3/c1-10-13(18)3-2-4-14(10)20-9-15(19)17-12-7-5-11(16)6-8-12/h2-8,18H,9H2,1H3,(H,17,19). The van der Waals surface area contributed by atoms with E-state index in [1.54, 1.807) is 25.1 Å². The van der Waals surface area contributed by atoms with Crippen LogP contribution in [0, 0.1) is 12.7 Å². The molecule has 0 saturated heterocycles. The summed E-state index contributed by atoms with van der Waals surface area (Å²) in [6.07, 6.45) is 0. The molecule has 4 nitrogen and oxygen atoms in total. The molecule has 0 heterocycles. The molecule has 0 aromatic heterocycles. The molecule has 0 spiro atoms. The Morgan fingerprint density at radius 1 is 1.25 bits per heavy atom. The van der Waals surface area contributed by atoms with Crippen molar-refractivity contribution in [3.63, 3.8) is 0 Å². The van der Waals surface area contributed by atoms with Crippen molar-refractivity contribution < 1.29 is 19.0 Å². The van der Waals surface area contributed by atoms with Crippen molar-refractivity contribution >= 4 is 11.6 Å². The molecular formula is C15H14FNO3. The van der Waals surface area contributed by atoms with Gasteiger partial charge in [0, 0.05) is 11.3 Å². The second kappa shape index (κ2) is 6.06. The Bertz CT molecular complexity index is 611. The van der Waals surface area contributed by atoms with Gasteiger partial charge in [-0.1, -0.05) is 6.07 Å². The molecule has 2 rings (SSSR count). The molecule has 2 N–H and O–H groups in total. The van der Waals surface area contributed by atoms with E-state index in [-0.39, 0.29) is 24.1 Å². The SMILES string of the molecule is Cc1c(O)cccc1OCC(=O)Nc1ccc(F)cc1. The van der Waals surface area contributed by atoms with Crippen LogP contribution in [0.2, 0.25) is 0 Å². The van der Waals surface area contributed by atoms with Gasteiger partial charge in [-0.3, -0.25) is 4.79 Å². The van der Waals surface area contributed by atoms with Crippen LogP contribution in [0.5, 0.6) is 11.5 Å². The van der Waals surface area contributed by atoms with E-state index in [9.17, 15) is 14.3 Å². The highest BCUT2D eigenvalue weighted by Gasteiger charge is 2.07. The van der Waals surface area contributed by atoms with Crippen LogP contribution in [0.15, 0.2) is 42.5 Å². The van der Waals surface area contributed by atoms with Crippen LogP contribution in [0.1, 0.15) is 5.56 Å². The number of ether oxygens (including phenoxy) is 1. The molecular weight excluding hydrogens is 261 g/mol. The number of amides is 1. The molecule has 0 fully saturated rings. The van der Waals surface area contributed by atoms with Crippen molar-refractivity contribution in [3.05, 3.63) is 53.8 Å². The summed E-state index contributed by atoms with van der Waals surface area (Å²) in [4.78, 5) is 11.7. The third-order valence-electron chi connectivity index (χ3n) is 2.74. The highest BCUT2D eigenvalue weighted by Crippen LogP contribution is 2.25. The molecule has 2 aromatic rings. The second-order valence-corrected chi connectivity index (χ2v) is 4.24. The van der Waals surface area contributed by atoms with Crippen LogP contribution < -0.4 is 10.1 Å². The predicted molar refractivity (Wildman–Crippen MR) is 73.4 cm³/mol. The van der Waals surface area contributed by atoms with Crippen LogP contribution in [-0.4, -0.2) is 17.6 Å². The van der Waals surface area contributed by atoms with Gasteiger partial charge in [0.05, 0.1) is 0 Å². The Labute approximate surface area is 115 Å². The Morgan fingerprint density at radius 2 is 1.95 bits per heavy atom. The smallest absolute Gasteiger partial charge is 0.262 e. The summed E-state index contributed by atoms with van der Waals surface area (Å²) < 4.78 is 18.0. The number of halogens is 1. The number of anilines is 1. The normalized spacial score (nSPS) is 10.1. The Balaban J connectivity index is 1.92. The molecule has 2 aromatic carbocycles. The molecule has 5 heteroatoms. The maximum atomic E-state index is 12.7. The highest BCUT2D eigenvalue weighted by molar-refractivity contribution is 5.91. The van der Waals surface area contributed by atoms with Gasteiger partial charge in [0.2, 0.25) is 0 Å². The van der Waals surface area contributed by atoms with Gasteiger partial charge in [-0.2, -0.15) is 0 Å². The van der Waals surface area contributed by atoms with Gasteiger partial charge in [0.15, 0.2) is 6.61 Å². The molecule has 1 amide bonds. The molecule has 0 radical (unpaired) electrons. The first-order valence-corrected chi connectivity index (χ1v) is 6.03. The second-order valence-electron chi connectivity index (χ2n) is 4.24. The molecule has 0 bridgehead atoms. The summed E-state index contributed by atoms with van der Waals surface area (Å²) in [5.74, 6) is -0.172. The van der Waals surface area contributed by atoms with E-state index in [0.29, 0.717) is 17.0 Å². The van der Waals surface area contributed by atoms with Gasteiger partial charge in [-0.15, -0.1) is 0 Å². The predicted octanol–water partition coefficient (Wildman–Crippen LogP) is 2.86. The van der Waals surface area contributed by atoms with Gasteiger partial charge in [0.25, 0.3) is 5.91 Å². The van der Waals surface area contributed by atoms with Gasteiger partial charge >= 0.3 is 0 Å². The molecule has 0 unspecified atom stereocenters. The Morgan fingerprint density at radius 3 is 2.65 bits per heavy atom. The minimum absolute atomic E-state index is 0.112. The van der Waals surface area contributed by atoms with Crippen LogP contribution in [0.3, 0.4) is 0 Å². The summed E-state index contributed by atoms with van der Waals surface area (Å²) in [5, 5.41) is 12.1. The van der Waals surface area contributed by atoms with E-state index in [1.807, 2.05) is 0 Å². The Kier molecular flexibility index (Phi) is 4.20. The average Bonchev–Trinajstić information content (AvgIpc) is 2.43. The summed E-state index contributed by atoms with van der Waals surface area (Å²) in [6, 6.07) is 10.3. The fourth-order valence-corrected chi connectivity index (χ4v) is 1.63. The number of carbonyl (C=O) groups is 1. The van der Waals surface area contributed by atoms with Gasteiger partial charge in [0.1, 0.15) is 17.3 Å². The number of hydrogen-bond donors (Lipinski definition) is 2. The zero-order valence-corrected chi connectivity index (χ0v) is 10.9. The van der Waals surface area contributed by atoms with Crippen LogP contribution in [-0.2, 0) is 4.79 Å². The van der Waals surface area contributed by atoms with E-state index in [4.69, 9.17) is 4.74 Å². The number of rotatable bonds is 4. The number of benzene rings is 2. The summed E-state index contributed by atoms with van der Waals surface area (Å²) >= 11 is 0. The molecule has 20 heavy (non-hydrogen) atoms. The van der Waals surface area contributed by atoms with Crippen LogP contribution >= 0.6 is 0 Å². The zero-order valence-electron chi connectivity index (χ0n) is 10.9. The number of phenolic OH excluding ortho intramolecular Hbond substituents is 1. The van der Waals surface area contributed by atoms with Gasteiger partial charge in [-0.25, -0.2) is 4.39 Å². The number of aromatic hydroxyl groups is 1. The molecule has 0 aliphatic heterocycles. The first kappa shape index (κ1) is 13.9. The number of carbonyl (C=O) groups excluding carboxylic acids is 1. The fourth-order valence-electron chi connectivity index (χ4n) is 1.63. The lowest BCUT2D eigenvalue weighted by molar-refractivity contribution is -0.118. The quantitative estimate of drug-likeness (QED) is 0.902. The monoisotopic (exact) mass is 275 g/mol. The average molecular weight is 275 g/mol. The third kappa shape index (κ3) is 3.47. The Hall–Kier alpha value is -2.56. The summed E-state index contributed by atoms with van der Waals surface area (Å²) in [7, 11) is 0. The number of nitrogens with one attached hydrogen (secondary N) is 1. The van der Waals surface area contributed by atoms with Crippen molar-refractivity contribution in [3.8, 4) is 11.5 Å². The first-order valence-electron chi connectivity index (χ1n) is 6.03. The van der Waals surface area contributed by atoms with Crippen molar-refractivity contribution in [2.24, 2.45) is 0 Å². The minimum Gasteiger partial charge on any atom is -0.508 e. The van der Waals surface area contributed by atoms with E-state index in [1.165, 1.54) is 24.3 Å². The lowest BCUT2D eigenvalue weighted by atomic mass is 10.2. The summed E-state index contributed by atoms with van der Waals surface area (Å²) in [5.41, 5.74) is 1.06. The first-order chi connectivity index (χ1) is 9.56. The van der Waals surface area contributed by atoms with E-state index >= 15 is 0 Å². The van der Waals surface area contributed by atoms with Gasteiger partial charge < -0.3 is 15.2 Å². The van der Waals surface area contributed by atoms with Crippen molar-refractivity contribution in [2.75, 3.05) is 11.9 Å². The minimum atomic E-state index is -0.366. The molecule has 0 aliphatic carbocycles. The van der Waals surface area contributed by atoms with Crippen LogP contribution in [0.25, 0.3) is 0 Å². The lowest BCUT2D eigenvalue weighted by Crippen LogP contribution is -2.20. The van der Waals surface area contributed by atoms with E-state index < -0.39 is 0 Å². The largest absolute Gasteiger partial charge is 0.508 e.